The minimum atomic E-state index is -1.06. The predicted octanol–water partition coefficient (Wildman–Crippen LogP) is 5.67. The molecule has 3 heterocycles. The van der Waals surface area contributed by atoms with Crippen molar-refractivity contribution in [1.29, 1.82) is 0 Å². The summed E-state index contributed by atoms with van der Waals surface area (Å²) >= 11 is 1.42. The van der Waals surface area contributed by atoms with Crippen molar-refractivity contribution in [2.75, 3.05) is 0 Å². The van der Waals surface area contributed by atoms with E-state index >= 15 is 0 Å². The Kier molecular flexibility index (Phi) is 4.34. The van der Waals surface area contributed by atoms with Crippen LogP contribution < -0.4 is 10.3 Å². The van der Waals surface area contributed by atoms with Crippen molar-refractivity contribution in [1.82, 2.24) is 4.40 Å². The number of hydrogen-bond acceptors (Lipinski definition) is 4. The van der Waals surface area contributed by atoms with Crippen LogP contribution in [0.25, 0.3) is 26.7 Å². The summed E-state index contributed by atoms with van der Waals surface area (Å²) in [4.78, 5) is 24.9. The standard InChI is InChI=1S/C24H15NO4S/c26-23-18(15-6-8-17(9-7-15)29-16-4-2-1-3-5-16)10-11-21-22-19(12-13-30-22)20(24(27)28)14-25(21)23/h1-14H,(H,27,28). The Hall–Kier alpha value is -3.90. The summed E-state index contributed by atoms with van der Waals surface area (Å²) < 4.78 is 8.01. The molecule has 0 radical (unpaired) electrons. The smallest absolute Gasteiger partial charge is 0.337 e. The maximum absolute atomic E-state index is 13.2. The van der Waals surface area contributed by atoms with E-state index in [2.05, 4.69) is 0 Å². The van der Waals surface area contributed by atoms with Gasteiger partial charge in [0, 0.05) is 17.1 Å². The molecule has 0 atom stereocenters. The van der Waals surface area contributed by atoms with Gasteiger partial charge in [0.1, 0.15) is 11.5 Å². The van der Waals surface area contributed by atoms with E-state index in [4.69, 9.17) is 4.74 Å². The van der Waals surface area contributed by atoms with E-state index in [1.54, 1.807) is 12.1 Å². The van der Waals surface area contributed by atoms with E-state index in [0.717, 1.165) is 16.0 Å². The summed E-state index contributed by atoms with van der Waals surface area (Å²) in [7, 11) is 0. The Balaban J connectivity index is 1.59. The minimum absolute atomic E-state index is 0.115. The zero-order valence-electron chi connectivity index (χ0n) is 15.6. The molecule has 0 saturated heterocycles. The van der Waals surface area contributed by atoms with Crippen LogP contribution >= 0.6 is 11.3 Å². The van der Waals surface area contributed by atoms with Gasteiger partial charge in [0.15, 0.2) is 0 Å². The van der Waals surface area contributed by atoms with Crippen molar-refractivity contribution in [3.63, 3.8) is 0 Å². The molecule has 3 aromatic heterocycles. The third-order valence-electron chi connectivity index (χ3n) is 4.94. The molecule has 0 saturated carbocycles. The number of aromatic nitrogens is 1. The zero-order chi connectivity index (χ0) is 20.7. The second-order valence-corrected chi connectivity index (χ2v) is 7.67. The molecular weight excluding hydrogens is 398 g/mol. The predicted molar refractivity (Wildman–Crippen MR) is 118 cm³/mol. The molecule has 0 fully saturated rings. The van der Waals surface area contributed by atoms with Gasteiger partial charge in [-0.25, -0.2) is 4.79 Å². The number of aromatic carboxylic acids is 1. The number of benzene rings is 2. The Morgan fingerprint density at radius 2 is 1.63 bits per heavy atom. The number of pyridine rings is 2. The fourth-order valence-electron chi connectivity index (χ4n) is 3.50. The molecule has 0 unspecified atom stereocenters. The van der Waals surface area contributed by atoms with Gasteiger partial charge in [-0.1, -0.05) is 30.3 Å². The summed E-state index contributed by atoms with van der Waals surface area (Å²) in [5.74, 6) is 0.344. The van der Waals surface area contributed by atoms with E-state index < -0.39 is 5.97 Å². The summed E-state index contributed by atoms with van der Waals surface area (Å²) in [6.07, 6.45) is 1.41. The molecule has 0 aliphatic rings. The third-order valence-corrected chi connectivity index (χ3v) is 5.87. The minimum Gasteiger partial charge on any atom is -0.478 e. The molecule has 2 aromatic carbocycles. The monoisotopic (exact) mass is 413 g/mol. The van der Waals surface area contributed by atoms with Crippen molar-refractivity contribution < 1.29 is 14.6 Å². The lowest BCUT2D eigenvalue weighted by Crippen LogP contribution is -2.17. The summed E-state index contributed by atoms with van der Waals surface area (Å²) in [6.45, 7) is 0. The number of fused-ring (bicyclic) bond motifs is 3. The SMILES string of the molecule is O=C(O)c1cn2c(=O)c(-c3ccc(Oc4ccccc4)cc3)ccc2c2sccc12. The molecule has 0 spiro atoms. The molecule has 0 bridgehead atoms. The maximum Gasteiger partial charge on any atom is 0.337 e. The van der Waals surface area contributed by atoms with Gasteiger partial charge in [-0.05, 0) is 53.4 Å². The first-order valence-corrected chi connectivity index (χ1v) is 10.1. The number of carboxylic acids is 1. The van der Waals surface area contributed by atoms with Crippen LogP contribution in [0.15, 0.2) is 89.2 Å². The number of para-hydroxylation sites is 1. The molecule has 5 rings (SSSR count). The van der Waals surface area contributed by atoms with Crippen molar-refractivity contribution in [3.8, 4) is 22.6 Å². The van der Waals surface area contributed by atoms with Crippen LogP contribution in [-0.4, -0.2) is 15.5 Å². The van der Waals surface area contributed by atoms with Gasteiger partial charge >= 0.3 is 5.97 Å². The summed E-state index contributed by atoms with van der Waals surface area (Å²) in [5.41, 5.74) is 1.78. The lowest BCUT2D eigenvalue weighted by atomic mass is 10.1. The molecule has 146 valence electrons. The molecule has 0 aliphatic heterocycles. The van der Waals surface area contributed by atoms with Crippen LogP contribution in [0, 0.1) is 0 Å². The van der Waals surface area contributed by atoms with E-state index in [9.17, 15) is 14.7 Å². The molecule has 0 amide bonds. The number of thiophene rings is 1. The van der Waals surface area contributed by atoms with E-state index in [-0.39, 0.29) is 11.1 Å². The first-order chi connectivity index (χ1) is 14.6. The van der Waals surface area contributed by atoms with Crippen molar-refractivity contribution >= 4 is 32.9 Å². The first-order valence-electron chi connectivity index (χ1n) is 9.24. The lowest BCUT2D eigenvalue weighted by molar-refractivity contribution is 0.0698. The van der Waals surface area contributed by atoms with Gasteiger partial charge in [-0.15, -0.1) is 11.3 Å². The van der Waals surface area contributed by atoms with Gasteiger partial charge in [0.05, 0.1) is 15.8 Å². The molecule has 30 heavy (non-hydrogen) atoms. The van der Waals surface area contributed by atoms with Crippen molar-refractivity contribution in [2.45, 2.75) is 0 Å². The number of nitrogens with zero attached hydrogens (tertiary/aromatic N) is 1. The van der Waals surface area contributed by atoms with Gasteiger partial charge in [0.2, 0.25) is 0 Å². The summed E-state index contributed by atoms with van der Waals surface area (Å²) in [5, 5.41) is 12.0. The normalized spacial score (nSPS) is 11.1. The molecule has 0 aliphatic carbocycles. The highest BCUT2D eigenvalue weighted by atomic mass is 32.1. The molecule has 5 aromatic rings. The molecule has 1 N–H and O–H groups in total. The maximum atomic E-state index is 13.2. The lowest BCUT2D eigenvalue weighted by Gasteiger charge is -2.09. The largest absolute Gasteiger partial charge is 0.478 e. The van der Waals surface area contributed by atoms with Gasteiger partial charge in [-0.2, -0.15) is 0 Å². The Morgan fingerprint density at radius 1 is 0.900 bits per heavy atom. The molecular formula is C24H15NO4S. The highest BCUT2D eigenvalue weighted by Crippen LogP contribution is 2.30. The van der Waals surface area contributed by atoms with Gasteiger partial charge in [-0.3, -0.25) is 9.20 Å². The Morgan fingerprint density at radius 3 is 2.37 bits per heavy atom. The van der Waals surface area contributed by atoms with Crippen LogP contribution in [0.1, 0.15) is 10.4 Å². The number of rotatable bonds is 4. The van der Waals surface area contributed by atoms with Gasteiger partial charge in [0.25, 0.3) is 5.56 Å². The fourth-order valence-corrected chi connectivity index (χ4v) is 4.43. The van der Waals surface area contributed by atoms with Crippen LogP contribution in [0.5, 0.6) is 11.5 Å². The van der Waals surface area contributed by atoms with E-state index in [1.165, 1.54) is 21.9 Å². The number of carboxylic acid groups (broad SMARTS) is 1. The second kappa shape index (κ2) is 7.17. The number of carbonyl (C=O) groups is 1. The second-order valence-electron chi connectivity index (χ2n) is 6.76. The van der Waals surface area contributed by atoms with E-state index in [1.807, 2.05) is 66.0 Å². The van der Waals surface area contributed by atoms with E-state index in [0.29, 0.717) is 22.2 Å². The molecule has 6 heteroatoms. The quantitative estimate of drug-likeness (QED) is 0.412. The van der Waals surface area contributed by atoms with Crippen LogP contribution in [0.4, 0.5) is 0 Å². The summed E-state index contributed by atoms with van der Waals surface area (Å²) in [6, 6.07) is 22.1. The fraction of sp³-hybridized carbons (Fsp3) is 0. The van der Waals surface area contributed by atoms with Crippen molar-refractivity contribution in [3.05, 3.63) is 100 Å². The van der Waals surface area contributed by atoms with Crippen LogP contribution in [0.3, 0.4) is 0 Å². The number of ether oxygens (including phenoxy) is 1. The Labute approximate surface area is 175 Å². The number of hydrogen-bond donors (Lipinski definition) is 1. The topological polar surface area (TPSA) is 68.0 Å². The Bertz CT molecular complexity index is 1450. The third kappa shape index (κ3) is 3.03. The van der Waals surface area contributed by atoms with Crippen molar-refractivity contribution in [2.24, 2.45) is 0 Å². The zero-order valence-corrected chi connectivity index (χ0v) is 16.4. The average Bonchev–Trinajstić information content (AvgIpc) is 3.25. The van der Waals surface area contributed by atoms with Crippen LogP contribution in [-0.2, 0) is 0 Å². The van der Waals surface area contributed by atoms with Crippen LogP contribution in [0.2, 0.25) is 0 Å². The average molecular weight is 413 g/mol. The molecule has 5 nitrogen and oxygen atoms in total. The highest BCUT2D eigenvalue weighted by molar-refractivity contribution is 7.18. The highest BCUT2D eigenvalue weighted by Gasteiger charge is 2.16. The first kappa shape index (κ1) is 18.1. The van der Waals surface area contributed by atoms with Gasteiger partial charge < -0.3 is 9.84 Å².